The van der Waals surface area contributed by atoms with Crippen molar-refractivity contribution >= 4 is 11.8 Å². The molecular formula is C19H22N4O2S. The molecule has 0 aliphatic carbocycles. The zero-order chi connectivity index (χ0) is 17.9. The summed E-state index contributed by atoms with van der Waals surface area (Å²) in [4.78, 5) is 4.69. The highest BCUT2D eigenvalue weighted by Gasteiger charge is 2.23. The molecule has 136 valence electrons. The van der Waals surface area contributed by atoms with Gasteiger partial charge in [0, 0.05) is 13.5 Å². The predicted molar refractivity (Wildman–Crippen MR) is 99.9 cm³/mol. The third kappa shape index (κ3) is 3.68. The molecule has 1 fully saturated rings. The molecule has 0 saturated carbocycles. The van der Waals surface area contributed by atoms with Crippen molar-refractivity contribution in [1.82, 2.24) is 19.7 Å². The van der Waals surface area contributed by atoms with Gasteiger partial charge in [-0.2, -0.15) is 0 Å². The first-order valence-corrected chi connectivity index (χ1v) is 9.78. The number of hydrogen-bond acceptors (Lipinski definition) is 6. The Kier molecular flexibility index (Phi) is 5.08. The van der Waals surface area contributed by atoms with E-state index in [9.17, 15) is 0 Å². The third-order valence-electron chi connectivity index (χ3n) is 4.47. The highest BCUT2D eigenvalue weighted by atomic mass is 32.2. The molecule has 2 aromatic heterocycles. The monoisotopic (exact) mass is 370 g/mol. The van der Waals surface area contributed by atoms with Gasteiger partial charge in [-0.25, -0.2) is 4.98 Å². The van der Waals surface area contributed by atoms with Gasteiger partial charge in [0.05, 0.1) is 29.8 Å². The molecule has 7 heteroatoms. The van der Waals surface area contributed by atoms with E-state index in [1.165, 1.54) is 0 Å². The summed E-state index contributed by atoms with van der Waals surface area (Å²) in [6.07, 6.45) is 4.40. The summed E-state index contributed by atoms with van der Waals surface area (Å²) >= 11 is 1.64. The van der Waals surface area contributed by atoms with Crippen LogP contribution >= 0.6 is 11.8 Å². The Hall–Kier alpha value is -2.12. The normalized spacial score (nSPS) is 18.3. The lowest BCUT2D eigenvalue weighted by Crippen LogP contribution is -2.16. The number of aromatic nitrogens is 4. The Morgan fingerprint density at radius 2 is 2.12 bits per heavy atom. The molecule has 1 aliphatic heterocycles. The van der Waals surface area contributed by atoms with Gasteiger partial charge < -0.3 is 13.7 Å². The van der Waals surface area contributed by atoms with Gasteiger partial charge in [-0.15, -0.1) is 10.2 Å². The fraction of sp³-hybridized carbons (Fsp3) is 0.421. The van der Waals surface area contributed by atoms with E-state index in [0.29, 0.717) is 11.8 Å². The maximum Gasteiger partial charge on any atom is 0.229 e. The predicted octanol–water partition coefficient (Wildman–Crippen LogP) is 4.27. The van der Waals surface area contributed by atoms with Gasteiger partial charge in [0.25, 0.3) is 0 Å². The van der Waals surface area contributed by atoms with Crippen molar-refractivity contribution in [2.24, 2.45) is 0 Å². The average Bonchev–Trinajstić information content (AvgIpc) is 3.39. The zero-order valence-electron chi connectivity index (χ0n) is 15.0. The van der Waals surface area contributed by atoms with Crippen molar-refractivity contribution in [3.63, 3.8) is 0 Å². The second kappa shape index (κ2) is 7.63. The minimum Gasteiger partial charge on any atom is -0.424 e. The molecule has 0 spiro atoms. The van der Waals surface area contributed by atoms with E-state index in [0.717, 1.165) is 42.4 Å². The number of aryl methyl sites for hydroxylation is 1. The molecule has 6 nitrogen and oxygen atoms in total. The van der Waals surface area contributed by atoms with Crippen molar-refractivity contribution in [3.8, 4) is 11.3 Å². The van der Waals surface area contributed by atoms with E-state index in [-0.39, 0.29) is 11.4 Å². The van der Waals surface area contributed by atoms with Gasteiger partial charge in [-0.3, -0.25) is 0 Å². The van der Waals surface area contributed by atoms with Crippen molar-refractivity contribution < 1.29 is 9.15 Å². The van der Waals surface area contributed by atoms with Gasteiger partial charge in [0.15, 0.2) is 5.16 Å². The van der Waals surface area contributed by atoms with Crippen LogP contribution in [0.4, 0.5) is 0 Å². The lowest BCUT2D eigenvalue weighted by molar-refractivity contribution is 0.0953. The highest BCUT2D eigenvalue weighted by Crippen LogP contribution is 2.36. The van der Waals surface area contributed by atoms with Crippen LogP contribution in [0.2, 0.25) is 0 Å². The quantitative estimate of drug-likeness (QED) is 0.604. The van der Waals surface area contributed by atoms with E-state index in [4.69, 9.17) is 9.15 Å². The molecule has 0 radical (unpaired) electrons. The van der Waals surface area contributed by atoms with Crippen LogP contribution in [-0.2, 0) is 11.3 Å². The van der Waals surface area contributed by atoms with Crippen LogP contribution in [-0.4, -0.2) is 32.5 Å². The Balaban J connectivity index is 1.63. The maximum atomic E-state index is 5.87. The fourth-order valence-electron chi connectivity index (χ4n) is 3.15. The SMILES string of the molecule is Cc1nnc(C(C)Sc2ncc(-c3ccccc3)n2CC2CCCO2)o1. The molecule has 1 aromatic carbocycles. The van der Waals surface area contributed by atoms with E-state index in [2.05, 4.69) is 50.9 Å². The summed E-state index contributed by atoms with van der Waals surface area (Å²) in [6, 6.07) is 10.4. The molecule has 0 N–H and O–H groups in total. The molecule has 2 atom stereocenters. The Morgan fingerprint density at radius 1 is 1.27 bits per heavy atom. The van der Waals surface area contributed by atoms with Crippen LogP contribution in [0.15, 0.2) is 46.1 Å². The van der Waals surface area contributed by atoms with Crippen LogP contribution in [0, 0.1) is 6.92 Å². The van der Waals surface area contributed by atoms with Crippen molar-refractivity contribution in [1.29, 1.82) is 0 Å². The number of ether oxygens (including phenoxy) is 1. The fourth-order valence-corrected chi connectivity index (χ4v) is 4.07. The molecule has 0 amide bonds. The van der Waals surface area contributed by atoms with Crippen molar-refractivity contribution in [2.45, 2.75) is 49.7 Å². The van der Waals surface area contributed by atoms with Crippen LogP contribution in [0.3, 0.4) is 0 Å². The van der Waals surface area contributed by atoms with Gasteiger partial charge in [-0.05, 0) is 25.3 Å². The second-order valence-electron chi connectivity index (χ2n) is 6.46. The summed E-state index contributed by atoms with van der Waals surface area (Å²) in [7, 11) is 0. The number of nitrogens with zero attached hydrogens (tertiary/aromatic N) is 4. The third-order valence-corrected chi connectivity index (χ3v) is 5.56. The molecule has 1 saturated heterocycles. The molecule has 0 bridgehead atoms. The molecular weight excluding hydrogens is 348 g/mol. The first-order valence-electron chi connectivity index (χ1n) is 8.90. The van der Waals surface area contributed by atoms with E-state index >= 15 is 0 Å². The van der Waals surface area contributed by atoms with E-state index < -0.39 is 0 Å². The Labute approximate surface area is 157 Å². The molecule has 3 heterocycles. The van der Waals surface area contributed by atoms with Gasteiger partial charge in [0.1, 0.15) is 0 Å². The van der Waals surface area contributed by atoms with Crippen molar-refractivity contribution in [3.05, 3.63) is 48.3 Å². The first-order chi connectivity index (χ1) is 12.7. The maximum absolute atomic E-state index is 5.87. The van der Waals surface area contributed by atoms with Crippen LogP contribution < -0.4 is 0 Å². The lowest BCUT2D eigenvalue weighted by atomic mass is 10.1. The standard InChI is InChI=1S/C19H22N4O2S/c1-13(18-22-21-14(2)25-18)26-19-20-11-17(15-7-4-3-5-8-15)23(19)12-16-9-6-10-24-16/h3-5,7-8,11,13,16H,6,9-10,12H2,1-2H3. The molecule has 1 aliphatic rings. The highest BCUT2D eigenvalue weighted by molar-refractivity contribution is 7.99. The molecule has 3 aromatic rings. The molecule has 26 heavy (non-hydrogen) atoms. The van der Waals surface area contributed by atoms with E-state index in [1.807, 2.05) is 12.3 Å². The topological polar surface area (TPSA) is 66.0 Å². The summed E-state index contributed by atoms with van der Waals surface area (Å²) in [6.45, 7) is 5.52. The summed E-state index contributed by atoms with van der Waals surface area (Å²) in [5, 5.41) is 9.05. The minimum absolute atomic E-state index is 0.0328. The number of hydrogen-bond donors (Lipinski definition) is 0. The average molecular weight is 370 g/mol. The van der Waals surface area contributed by atoms with Crippen LogP contribution in [0.5, 0.6) is 0 Å². The van der Waals surface area contributed by atoms with Crippen LogP contribution in [0.1, 0.15) is 36.8 Å². The number of imidazole rings is 1. The first kappa shape index (κ1) is 17.3. The van der Waals surface area contributed by atoms with Crippen molar-refractivity contribution in [2.75, 3.05) is 6.61 Å². The smallest absolute Gasteiger partial charge is 0.229 e. The van der Waals surface area contributed by atoms with Crippen LogP contribution in [0.25, 0.3) is 11.3 Å². The Bertz CT molecular complexity index is 856. The summed E-state index contributed by atoms with van der Waals surface area (Å²) < 4.78 is 13.7. The number of benzene rings is 1. The molecule has 4 rings (SSSR count). The lowest BCUT2D eigenvalue weighted by Gasteiger charge is -2.17. The van der Waals surface area contributed by atoms with Gasteiger partial charge >= 0.3 is 0 Å². The number of thioether (sulfide) groups is 1. The second-order valence-corrected chi connectivity index (χ2v) is 7.77. The minimum atomic E-state index is 0.0328. The van der Waals surface area contributed by atoms with Gasteiger partial charge in [-0.1, -0.05) is 42.1 Å². The van der Waals surface area contributed by atoms with E-state index in [1.54, 1.807) is 18.7 Å². The van der Waals surface area contributed by atoms with Gasteiger partial charge in [0.2, 0.25) is 11.8 Å². The zero-order valence-corrected chi connectivity index (χ0v) is 15.8. The number of rotatable bonds is 6. The largest absolute Gasteiger partial charge is 0.424 e. The molecule has 2 unspecified atom stereocenters. The summed E-state index contributed by atoms with van der Waals surface area (Å²) in [5.74, 6) is 1.21. The Morgan fingerprint density at radius 3 is 2.81 bits per heavy atom. The summed E-state index contributed by atoms with van der Waals surface area (Å²) in [5.41, 5.74) is 2.27.